The van der Waals surface area contributed by atoms with E-state index in [-0.39, 0.29) is 12.0 Å². The first-order valence-electron chi connectivity index (χ1n) is 5.87. The molecule has 3 nitrogen and oxygen atoms in total. The highest BCUT2D eigenvalue weighted by Gasteiger charge is 2.27. The van der Waals surface area contributed by atoms with Crippen LogP contribution in [0.1, 0.15) is 23.7 Å². The number of amides is 1. The number of rotatable bonds is 3. The summed E-state index contributed by atoms with van der Waals surface area (Å²) in [5, 5.41) is 0. The van der Waals surface area contributed by atoms with Crippen LogP contribution in [0.4, 0.5) is 0 Å². The van der Waals surface area contributed by atoms with Crippen molar-refractivity contribution in [3.8, 4) is 5.75 Å². The Labute approximate surface area is 106 Å². The first-order chi connectivity index (χ1) is 8.26. The van der Waals surface area contributed by atoms with Crippen LogP contribution in [0.15, 0.2) is 24.3 Å². The Kier molecular flexibility index (Phi) is 3.89. The zero-order chi connectivity index (χ0) is 12.3. The van der Waals surface area contributed by atoms with Crippen molar-refractivity contribution in [1.82, 2.24) is 4.90 Å². The Morgan fingerprint density at radius 1 is 1.47 bits per heavy atom. The molecular weight excluding hydrogens is 238 g/mol. The van der Waals surface area contributed by atoms with Crippen molar-refractivity contribution < 1.29 is 9.53 Å². The molecule has 17 heavy (non-hydrogen) atoms. The molecule has 92 valence electrons. The largest absolute Gasteiger partial charge is 0.488 e. The fourth-order valence-electron chi connectivity index (χ4n) is 2.01. The van der Waals surface area contributed by atoms with Gasteiger partial charge in [-0.25, -0.2) is 0 Å². The van der Waals surface area contributed by atoms with E-state index in [9.17, 15) is 4.79 Å². The van der Waals surface area contributed by atoms with E-state index < -0.39 is 0 Å². The minimum absolute atomic E-state index is 0.0138. The van der Waals surface area contributed by atoms with Gasteiger partial charge >= 0.3 is 0 Å². The third-order valence-corrected chi connectivity index (χ3v) is 3.15. The topological polar surface area (TPSA) is 29.5 Å². The number of carbonyl (C=O) groups excluding carboxylic acids is 1. The van der Waals surface area contributed by atoms with Crippen LogP contribution in [0.25, 0.3) is 0 Å². The maximum atomic E-state index is 12.2. The summed E-state index contributed by atoms with van der Waals surface area (Å²) in [5.74, 6) is 1.25. The van der Waals surface area contributed by atoms with E-state index in [1.54, 1.807) is 0 Å². The molecule has 1 aromatic carbocycles. The third-order valence-electron chi connectivity index (χ3n) is 2.94. The smallest absolute Gasteiger partial charge is 0.257 e. The number of para-hydroxylation sites is 1. The van der Waals surface area contributed by atoms with E-state index in [0.717, 1.165) is 6.42 Å². The van der Waals surface area contributed by atoms with Gasteiger partial charge in [0.2, 0.25) is 0 Å². The molecule has 1 atom stereocenters. The van der Waals surface area contributed by atoms with Gasteiger partial charge in [0, 0.05) is 12.4 Å². The maximum absolute atomic E-state index is 12.2. The summed E-state index contributed by atoms with van der Waals surface area (Å²) in [5.41, 5.74) is 0.645. The molecule has 0 N–H and O–H groups in total. The Hall–Kier alpha value is -1.22. The highest BCUT2D eigenvalue weighted by molar-refractivity contribution is 6.17. The van der Waals surface area contributed by atoms with Crippen LogP contribution in [-0.2, 0) is 0 Å². The minimum Gasteiger partial charge on any atom is -0.488 e. The summed E-state index contributed by atoms with van der Waals surface area (Å²) in [6.07, 6.45) is 0.736. The predicted molar refractivity (Wildman–Crippen MR) is 67.8 cm³/mol. The van der Waals surface area contributed by atoms with Crippen molar-refractivity contribution >= 4 is 17.5 Å². The zero-order valence-electron chi connectivity index (χ0n) is 9.86. The van der Waals surface area contributed by atoms with Crippen molar-refractivity contribution in [2.45, 2.75) is 19.4 Å². The predicted octanol–water partition coefficient (Wildman–Crippen LogP) is 2.54. The second kappa shape index (κ2) is 5.41. The van der Waals surface area contributed by atoms with Gasteiger partial charge in [0.05, 0.1) is 12.1 Å². The lowest BCUT2D eigenvalue weighted by Gasteiger charge is -2.22. The number of fused-ring (bicyclic) bond motifs is 1. The molecule has 1 aliphatic heterocycles. The van der Waals surface area contributed by atoms with Gasteiger partial charge in [-0.2, -0.15) is 0 Å². The standard InChI is InChI=1S/C13H16ClNO2/c1-2-15-9-10(7-8-14)17-12-6-4-3-5-11(12)13(15)16/h3-6,10H,2,7-9H2,1H3. The number of hydrogen-bond donors (Lipinski definition) is 0. The number of benzene rings is 1. The van der Waals surface area contributed by atoms with E-state index in [0.29, 0.717) is 30.3 Å². The van der Waals surface area contributed by atoms with Gasteiger partial charge in [-0.1, -0.05) is 12.1 Å². The molecule has 2 rings (SSSR count). The van der Waals surface area contributed by atoms with Gasteiger partial charge in [0.25, 0.3) is 5.91 Å². The maximum Gasteiger partial charge on any atom is 0.257 e. The van der Waals surface area contributed by atoms with E-state index in [1.807, 2.05) is 36.1 Å². The van der Waals surface area contributed by atoms with Crippen molar-refractivity contribution in [3.05, 3.63) is 29.8 Å². The van der Waals surface area contributed by atoms with Crippen LogP contribution < -0.4 is 4.74 Å². The van der Waals surface area contributed by atoms with E-state index in [4.69, 9.17) is 16.3 Å². The number of carbonyl (C=O) groups is 1. The highest BCUT2D eigenvalue weighted by atomic mass is 35.5. The van der Waals surface area contributed by atoms with Gasteiger partial charge in [-0.15, -0.1) is 11.6 Å². The molecule has 0 aromatic heterocycles. The average molecular weight is 254 g/mol. The van der Waals surface area contributed by atoms with Crippen LogP contribution in [-0.4, -0.2) is 35.9 Å². The molecule has 1 amide bonds. The molecule has 0 aliphatic carbocycles. The Bertz CT molecular complexity index is 408. The van der Waals surface area contributed by atoms with Gasteiger partial charge in [-0.3, -0.25) is 4.79 Å². The Morgan fingerprint density at radius 2 is 2.24 bits per heavy atom. The number of ether oxygens (including phenoxy) is 1. The summed E-state index contributed by atoms with van der Waals surface area (Å²) >= 11 is 5.76. The van der Waals surface area contributed by atoms with Crippen molar-refractivity contribution in [1.29, 1.82) is 0 Å². The lowest BCUT2D eigenvalue weighted by molar-refractivity contribution is 0.0720. The highest BCUT2D eigenvalue weighted by Crippen LogP contribution is 2.25. The monoisotopic (exact) mass is 253 g/mol. The van der Waals surface area contributed by atoms with Crippen molar-refractivity contribution in [2.24, 2.45) is 0 Å². The lowest BCUT2D eigenvalue weighted by Crippen LogP contribution is -2.37. The molecule has 1 aliphatic rings. The normalized spacial score (nSPS) is 19.5. The van der Waals surface area contributed by atoms with Gasteiger partial charge in [0.15, 0.2) is 0 Å². The molecule has 0 radical (unpaired) electrons. The first-order valence-corrected chi connectivity index (χ1v) is 6.40. The van der Waals surface area contributed by atoms with Gasteiger partial charge in [-0.05, 0) is 25.5 Å². The van der Waals surface area contributed by atoms with Crippen LogP contribution >= 0.6 is 11.6 Å². The second-order valence-corrected chi connectivity index (χ2v) is 4.44. The summed E-state index contributed by atoms with van der Waals surface area (Å²) in [6.45, 7) is 3.27. The fourth-order valence-corrected chi connectivity index (χ4v) is 2.25. The number of hydrogen-bond acceptors (Lipinski definition) is 2. The van der Waals surface area contributed by atoms with E-state index in [2.05, 4.69) is 0 Å². The van der Waals surface area contributed by atoms with Crippen LogP contribution in [0.5, 0.6) is 5.75 Å². The first kappa shape index (κ1) is 12.2. The van der Waals surface area contributed by atoms with Crippen LogP contribution in [0.2, 0.25) is 0 Å². The summed E-state index contributed by atoms with van der Waals surface area (Å²) in [7, 11) is 0. The molecule has 0 spiro atoms. The molecule has 0 saturated carbocycles. The minimum atomic E-state index is -0.0138. The van der Waals surface area contributed by atoms with Crippen molar-refractivity contribution in [3.63, 3.8) is 0 Å². The molecule has 4 heteroatoms. The molecular formula is C13H16ClNO2. The van der Waals surface area contributed by atoms with Gasteiger partial charge < -0.3 is 9.64 Å². The molecule has 1 aromatic rings. The molecule has 1 unspecified atom stereocenters. The second-order valence-electron chi connectivity index (χ2n) is 4.06. The lowest BCUT2D eigenvalue weighted by atomic mass is 10.2. The third kappa shape index (κ3) is 2.55. The molecule has 0 fully saturated rings. The average Bonchev–Trinajstić information content (AvgIpc) is 2.48. The number of likely N-dealkylation sites (N-methyl/N-ethyl adjacent to an activating group) is 1. The van der Waals surface area contributed by atoms with Crippen LogP contribution in [0, 0.1) is 0 Å². The van der Waals surface area contributed by atoms with Gasteiger partial charge in [0.1, 0.15) is 11.9 Å². The number of alkyl halides is 1. The van der Waals surface area contributed by atoms with Crippen molar-refractivity contribution in [2.75, 3.05) is 19.0 Å². The van der Waals surface area contributed by atoms with E-state index in [1.165, 1.54) is 0 Å². The molecule has 0 saturated heterocycles. The SMILES string of the molecule is CCN1CC(CCCl)Oc2ccccc2C1=O. The summed E-state index contributed by atoms with van der Waals surface area (Å²) in [6, 6.07) is 7.39. The molecule has 0 bridgehead atoms. The number of nitrogens with zero attached hydrogens (tertiary/aromatic N) is 1. The fraction of sp³-hybridized carbons (Fsp3) is 0.462. The number of halogens is 1. The quantitative estimate of drug-likeness (QED) is 0.775. The van der Waals surface area contributed by atoms with E-state index >= 15 is 0 Å². The Balaban J connectivity index is 2.33. The zero-order valence-corrected chi connectivity index (χ0v) is 10.6. The Morgan fingerprint density at radius 3 is 2.94 bits per heavy atom. The molecule has 1 heterocycles. The van der Waals surface area contributed by atoms with Crippen LogP contribution in [0.3, 0.4) is 0 Å². The summed E-state index contributed by atoms with van der Waals surface area (Å²) < 4.78 is 5.85. The summed E-state index contributed by atoms with van der Waals surface area (Å²) in [4.78, 5) is 14.0.